The SMILES string of the molecule is O=C(O)/C=C\C(=O)O[C@H]1CC(c2ccccc2)CCN1. The first-order valence-corrected chi connectivity index (χ1v) is 6.55. The molecule has 1 saturated heterocycles. The van der Waals surface area contributed by atoms with E-state index in [1.807, 2.05) is 18.2 Å². The Labute approximate surface area is 117 Å². The van der Waals surface area contributed by atoms with Crippen LogP contribution in [0.4, 0.5) is 0 Å². The minimum atomic E-state index is -1.17. The summed E-state index contributed by atoms with van der Waals surface area (Å²) in [5, 5.41) is 11.6. The van der Waals surface area contributed by atoms with Crippen LogP contribution in [-0.2, 0) is 14.3 Å². The molecular formula is C15H17NO4. The summed E-state index contributed by atoms with van der Waals surface area (Å²) in [5.41, 5.74) is 1.23. The van der Waals surface area contributed by atoms with Gasteiger partial charge in [-0.25, -0.2) is 9.59 Å². The molecule has 5 heteroatoms. The maximum absolute atomic E-state index is 11.4. The molecule has 106 valence electrons. The molecule has 0 radical (unpaired) electrons. The highest BCUT2D eigenvalue weighted by molar-refractivity contribution is 5.90. The van der Waals surface area contributed by atoms with Crippen molar-refractivity contribution >= 4 is 11.9 Å². The van der Waals surface area contributed by atoms with Gasteiger partial charge in [-0.05, 0) is 24.4 Å². The molecule has 2 N–H and O–H groups in total. The summed E-state index contributed by atoms with van der Waals surface area (Å²) in [7, 11) is 0. The van der Waals surface area contributed by atoms with Crippen LogP contribution >= 0.6 is 0 Å². The van der Waals surface area contributed by atoms with Gasteiger partial charge in [0.05, 0.1) is 0 Å². The standard InChI is InChI=1S/C15H17NO4/c17-14(18)6-7-15(19)20-13-10-12(8-9-16-13)11-4-2-1-3-5-11/h1-7,12-13,16H,8-10H2,(H,17,18)/b7-6-/t12?,13-/m0/s1. The van der Waals surface area contributed by atoms with Crippen molar-refractivity contribution in [3.63, 3.8) is 0 Å². The average molecular weight is 275 g/mol. The van der Waals surface area contributed by atoms with E-state index in [0.29, 0.717) is 12.3 Å². The molecule has 0 aromatic heterocycles. The molecule has 5 nitrogen and oxygen atoms in total. The first-order chi connectivity index (χ1) is 9.65. The van der Waals surface area contributed by atoms with E-state index < -0.39 is 11.9 Å². The van der Waals surface area contributed by atoms with Crippen molar-refractivity contribution in [1.29, 1.82) is 0 Å². The van der Waals surface area contributed by atoms with Gasteiger partial charge < -0.3 is 9.84 Å². The van der Waals surface area contributed by atoms with Gasteiger partial charge in [0.15, 0.2) is 6.23 Å². The minimum Gasteiger partial charge on any atom is -0.478 e. The Kier molecular flexibility index (Phi) is 4.90. The lowest BCUT2D eigenvalue weighted by Crippen LogP contribution is -2.40. The van der Waals surface area contributed by atoms with E-state index in [9.17, 15) is 9.59 Å². The van der Waals surface area contributed by atoms with Gasteiger partial charge in [-0.15, -0.1) is 0 Å². The predicted octanol–water partition coefficient (Wildman–Crippen LogP) is 1.66. The maximum atomic E-state index is 11.4. The van der Waals surface area contributed by atoms with Crippen molar-refractivity contribution in [3.8, 4) is 0 Å². The fraction of sp³-hybridized carbons (Fsp3) is 0.333. The molecule has 0 bridgehead atoms. The summed E-state index contributed by atoms with van der Waals surface area (Å²) in [5.74, 6) is -1.46. The van der Waals surface area contributed by atoms with Gasteiger partial charge in [0.25, 0.3) is 0 Å². The van der Waals surface area contributed by atoms with Crippen molar-refractivity contribution in [2.45, 2.75) is 25.0 Å². The number of hydrogen-bond donors (Lipinski definition) is 2. The van der Waals surface area contributed by atoms with E-state index in [1.54, 1.807) is 0 Å². The smallest absolute Gasteiger partial charge is 0.332 e. The van der Waals surface area contributed by atoms with E-state index in [-0.39, 0.29) is 6.23 Å². The van der Waals surface area contributed by atoms with Crippen LogP contribution in [0, 0.1) is 0 Å². The Hall–Kier alpha value is -2.14. The number of hydrogen-bond acceptors (Lipinski definition) is 4. The number of aliphatic carboxylic acids is 1. The molecule has 2 rings (SSSR count). The molecule has 0 saturated carbocycles. The molecule has 0 amide bonds. The number of carboxylic acid groups (broad SMARTS) is 1. The Morgan fingerprint density at radius 1 is 1.25 bits per heavy atom. The molecule has 1 aliphatic rings. The van der Waals surface area contributed by atoms with Gasteiger partial charge in [0.2, 0.25) is 0 Å². The van der Waals surface area contributed by atoms with E-state index >= 15 is 0 Å². The Morgan fingerprint density at radius 3 is 2.70 bits per heavy atom. The van der Waals surface area contributed by atoms with Crippen LogP contribution in [0.1, 0.15) is 24.3 Å². The molecular weight excluding hydrogens is 258 g/mol. The quantitative estimate of drug-likeness (QED) is 0.645. The molecule has 0 aliphatic carbocycles. The fourth-order valence-electron chi connectivity index (χ4n) is 2.31. The van der Waals surface area contributed by atoms with Gasteiger partial charge in [-0.3, -0.25) is 5.32 Å². The van der Waals surface area contributed by atoms with Gasteiger partial charge >= 0.3 is 11.9 Å². The van der Waals surface area contributed by atoms with Crippen LogP contribution in [0.3, 0.4) is 0 Å². The zero-order chi connectivity index (χ0) is 14.4. The molecule has 20 heavy (non-hydrogen) atoms. The number of rotatable bonds is 4. The summed E-state index contributed by atoms with van der Waals surface area (Å²) >= 11 is 0. The Balaban J connectivity index is 1.91. The summed E-state index contributed by atoms with van der Waals surface area (Å²) in [6.45, 7) is 0.764. The van der Waals surface area contributed by atoms with E-state index in [2.05, 4.69) is 17.4 Å². The highest BCUT2D eigenvalue weighted by Crippen LogP contribution is 2.27. The lowest BCUT2D eigenvalue weighted by Gasteiger charge is -2.30. The number of esters is 1. The number of carbonyl (C=O) groups is 2. The normalized spacial score (nSPS) is 22.6. The monoisotopic (exact) mass is 275 g/mol. The Bertz CT molecular complexity index is 498. The largest absolute Gasteiger partial charge is 0.478 e. The third-order valence-electron chi connectivity index (χ3n) is 3.25. The molecule has 1 aliphatic heterocycles. The molecule has 0 spiro atoms. The van der Waals surface area contributed by atoms with E-state index in [1.165, 1.54) is 5.56 Å². The van der Waals surface area contributed by atoms with Gasteiger partial charge in [-0.1, -0.05) is 30.3 Å². The van der Waals surface area contributed by atoms with Crippen LogP contribution in [0.25, 0.3) is 0 Å². The molecule has 2 atom stereocenters. The molecule has 1 aromatic rings. The second-order valence-corrected chi connectivity index (χ2v) is 4.68. The van der Waals surface area contributed by atoms with Gasteiger partial charge in [0.1, 0.15) is 0 Å². The second-order valence-electron chi connectivity index (χ2n) is 4.68. The zero-order valence-electron chi connectivity index (χ0n) is 11.0. The topological polar surface area (TPSA) is 75.6 Å². The highest BCUT2D eigenvalue weighted by atomic mass is 16.6. The fourth-order valence-corrected chi connectivity index (χ4v) is 2.31. The second kappa shape index (κ2) is 6.86. The summed E-state index contributed by atoms with van der Waals surface area (Å²) in [6, 6.07) is 10.1. The number of benzene rings is 1. The van der Waals surface area contributed by atoms with Gasteiger partial charge in [-0.2, -0.15) is 0 Å². The first kappa shape index (κ1) is 14.3. The van der Waals surface area contributed by atoms with Crippen LogP contribution in [-0.4, -0.2) is 29.8 Å². The van der Waals surface area contributed by atoms with Crippen LogP contribution < -0.4 is 5.32 Å². The van der Waals surface area contributed by atoms with Crippen LogP contribution in [0.2, 0.25) is 0 Å². The number of carbonyl (C=O) groups excluding carboxylic acids is 1. The number of piperidine rings is 1. The highest BCUT2D eigenvalue weighted by Gasteiger charge is 2.24. The lowest BCUT2D eigenvalue weighted by molar-refractivity contribution is -0.146. The number of nitrogens with one attached hydrogen (secondary N) is 1. The predicted molar refractivity (Wildman–Crippen MR) is 73.1 cm³/mol. The number of carboxylic acids is 1. The van der Waals surface area contributed by atoms with Gasteiger partial charge in [0, 0.05) is 18.6 Å². The summed E-state index contributed by atoms with van der Waals surface area (Å²) < 4.78 is 5.19. The van der Waals surface area contributed by atoms with Crippen molar-refractivity contribution in [2.75, 3.05) is 6.54 Å². The molecule has 1 aromatic carbocycles. The third-order valence-corrected chi connectivity index (χ3v) is 3.25. The maximum Gasteiger partial charge on any atom is 0.332 e. The summed E-state index contributed by atoms with van der Waals surface area (Å²) in [4.78, 5) is 21.8. The van der Waals surface area contributed by atoms with Crippen molar-refractivity contribution in [3.05, 3.63) is 48.0 Å². The average Bonchev–Trinajstić information content (AvgIpc) is 2.46. The number of ether oxygens (including phenoxy) is 1. The third kappa shape index (κ3) is 4.20. The molecule has 1 fully saturated rings. The minimum absolute atomic E-state index is 0.346. The van der Waals surface area contributed by atoms with Crippen molar-refractivity contribution < 1.29 is 19.4 Å². The van der Waals surface area contributed by atoms with Crippen LogP contribution in [0.5, 0.6) is 0 Å². The summed E-state index contributed by atoms with van der Waals surface area (Å²) in [6.07, 6.45) is 3.01. The van der Waals surface area contributed by atoms with Crippen molar-refractivity contribution in [1.82, 2.24) is 5.32 Å². The van der Waals surface area contributed by atoms with Crippen LogP contribution in [0.15, 0.2) is 42.5 Å². The Morgan fingerprint density at radius 2 is 2.00 bits per heavy atom. The van der Waals surface area contributed by atoms with E-state index in [4.69, 9.17) is 9.84 Å². The zero-order valence-corrected chi connectivity index (χ0v) is 11.0. The lowest BCUT2D eigenvalue weighted by atomic mass is 9.89. The first-order valence-electron chi connectivity index (χ1n) is 6.55. The molecule has 1 heterocycles. The van der Waals surface area contributed by atoms with Crippen molar-refractivity contribution in [2.24, 2.45) is 0 Å². The molecule has 1 unspecified atom stereocenters. The van der Waals surface area contributed by atoms with E-state index in [0.717, 1.165) is 25.1 Å².